The third-order valence-electron chi connectivity index (χ3n) is 2.81. The zero-order valence-electron chi connectivity index (χ0n) is 11.1. The van der Waals surface area contributed by atoms with Gasteiger partial charge in [-0.05, 0) is 25.5 Å². The van der Waals surface area contributed by atoms with E-state index in [9.17, 15) is 4.79 Å². The molecule has 0 aliphatic heterocycles. The van der Waals surface area contributed by atoms with E-state index in [0.717, 1.165) is 28.2 Å². The lowest BCUT2D eigenvalue weighted by molar-refractivity contribution is -0.128. The molecule has 98 valence electrons. The highest BCUT2D eigenvalue weighted by molar-refractivity contribution is 5.97. The van der Waals surface area contributed by atoms with Gasteiger partial charge in [-0.3, -0.25) is 0 Å². The van der Waals surface area contributed by atoms with Crippen molar-refractivity contribution in [1.29, 1.82) is 0 Å². The number of rotatable bonds is 4. The number of esters is 1. The molecular formula is C16H16O3. The summed E-state index contributed by atoms with van der Waals surface area (Å²) < 4.78 is 11.0. The molecule has 0 fully saturated rings. The standard InChI is InChI=1S/C16H16O3/c1-4-15(17)19-16-11(3)10-14(18-5-2)12-8-6-7-9-13(12)16/h4,6-10H,1,5H2,2-3H3. The van der Waals surface area contributed by atoms with Crippen LogP contribution in [0.3, 0.4) is 0 Å². The van der Waals surface area contributed by atoms with Gasteiger partial charge in [-0.2, -0.15) is 0 Å². The predicted octanol–water partition coefficient (Wildman–Crippen LogP) is 3.64. The Bertz CT molecular complexity index is 629. The summed E-state index contributed by atoms with van der Waals surface area (Å²) >= 11 is 0. The van der Waals surface area contributed by atoms with Gasteiger partial charge < -0.3 is 9.47 Å². The van der Waals surface area contributed by atoms with E-state index in [1.165, 1.54) is 0 Å². The van der Waals surface area contributed by atoms with E-state index in [2.05, 4.69) is 6.58 Å². The van der Waals surface area contributed by atoms with Gasteiger partial charge in [0, 0.05) is 16.8 Å². The van der Waals surface area contributed by atoms with Gasteiger partial charge in [-0.1, -0.05) is 30.8 Å². The molecule has 0 bridgehead atoms. The van der Waals surface area contributed by atoms with Crippen molar-refractivity contribution in [3.8, 4) is 11.5 Å². The molecule has 0 N–H and O–H groups in total. The van der Waals surface area contributed by atoms with Crippen molar-refractivity contribution in [2.45, 2.75) is 13.8 Å². The Morgan fingerprint density at radius 1 is 1.32 bits per heavy atom. The zero-order valence-corrected chi connectivity index (χ0v) is 11.1. The summed E-state index contributed by atoms with van der Waals surface area (Å²) in [6, 6.07) is 9.58. The average Bonchev–Trinajstić information content (AvgIpc) is 2.43. The smallest absolute Gasteiger partial charge is 0.335 e. The quantitative estimate of drug-likeness (QED) is 0.476. The lowest BCUT2D eigenvalue weighted by Gasteiger charge is -2.14. The first kappa shape index (κ1) is 13.1. The summed E-state index contributed by atoms with van der Waals surface area (Å²) in [6.07, 6.45) is 1.16. The fourth-order valence-corrected chi connectivity index (χ4v) is 2.00. The number of aryl methyl sites for hydroxylation is 1. The largest absolute Gasteiger partial charge is 0.493 e. The molecule has 0 unspecified atom stereocenters. The van der Waals surface area contributed by atoms with Gasteiger partial charge in [0.25, 0.3) is 0 Å². The van der Waals surface area contributed by atoms with Crippen molar-refractivity contribution in [2.24, 2.45) is 0 Å². The Morgan fingerprint density at radius 2 is 2.00 bits per heavy atom. The fraction of sp³-hybridized carbons (Fsp3) is 0.188. The van der Waals surface area contributed by atoms with E-state index in [1.807, 2.05) is 44.2 Å². The average molecular weight is 256 g/mol. The molecule has 0 saturated heterocycles. The highest BCUT2D eigenvalue weighted by Crippen LogP contribution is 2.36. The molecule has 0 aromatic heterocycles. The van der Waals surface area contributed by atoms with Crippen LogP contribution in [-0.2, 0) is 4.79 Å². The molecule has 0 saturated carbocycles. The van der Waals surface area contributed by atoms with Crippen LogP contribution in [0.15, 0.2) is 43.0 Å². The first-order valence-electron chi connectivity index (χ1n) is 6.16. The number of ether oxygens (including phenoxy) is 2. The van der Waals surface area contributed by atoms with Crippen molar-refractivity contribution in [1.82, 2.24) is 0 Å². The highest BCUT2D eigenvalue weighted by atomic mass is 16.5. The van der Waals surface area contributed by atoms with Gasteiger partial charge in [-0.25, -0.2) is 4.79 Å². The van der Waals surface area contributed by atoms with Gasteiger partial charge in [-0.15, -0.1) is 0 Å². The Kier molecular flexibility index (Phi) is 3.85. The van der Waals surface area contributed by atoms with Crippen LogP contribution in [0.1, 0.15) is 12.5 Å². The summed E-state index contributed by atoms with van der Waals surface area (Å²) in [5, 5.41) is 1.79. The normalized spacial score (nSPS) is 10.2. The molecule has 2 aromatic carbocycles. The maximum atomic E-state index is 11.4. The van der Waals surface area contributed by atoms with Crippen molar-refractivity contribution >= 4 is 16.7 Å². The van der Waals surface area contributed by atoms with Crippen molar-refractivity contribution in [2.75, 3.05) is 6.61 Å². The van der Waals surface area contributed by atoms with Crippen LogP contribution in [0.2, 0.25) is 0 Å². The summed E-state index contributed by atoms with van der Waals surface area (Å²) in [5.41, 5.74) is 0.859. The Morgan fingerprint density at radius 3 is 2.63 bits per heavy atom. The predicted molar refractivity (Wildman–Crippen MR) is 75.7 cm³/mol. The summed E-state index contributed by atoms with van der Waals surface area (Å²) in [6.45, 7) is 7.84. The zero-order chi connectivity index (χ0) is 13.8. The Hall–Kier alpha value is -2.29. The van der Waals surface area contributed by atoms with E-state index in [0.29, 0.717) is 12.4 Å². The summed E-state index contributed by atoms with van der Waals surface area (Å²) in [7, 11) is 0. The molecule has 0 spiro atoms. The van der Waals surface area contributed by atoms with E-state index >= 15 is 0 Å². The molecule has 0 aliphatic carbocycles. The topological polar surface area (TPSA) is 35.5 Å². The molecule has 3 nitrogen and oxygen atoms in total. The van der Waals surface area contributed by atoms with Crippen LogP contribution in [0.4, 0.5) is 0 Å². The van der Waals surface area contributed by atoms with Crippen molar-refractivity contribution in [3.63, 3.8) is 0 Å². The molecule has 19 heavy (non-hydrogen) atoms. The number of fused-ring (bicyclic) bond motifs is 1. The van der Waals surface area contributed by atoms with Crippen LogP contribution < -0.4 is 9.47 Å². The third kappa shape index (κ3) is 2.60. The second-order valence-corrected chi connectivity index (χ2v) is 4.12. The highest BCUT2D eigenvalue weighted by Gasteiger charge is 2.13. The summed E-state index contributed by atoms with van der Waals surface area (Å²) in [5.74, 6) is 0.898. The summed E-state index contributed by atoms with van der Waals surface area (Å²) in [4.78, 5) is 11.4. The van der Waals surface area contributed by atoms with Crippen LogP contribution in [0.5, 0.6) is 11.5 Å². The molecular weight excluding hydrogens is 240 g/mol. The second-order valence-electron chi connectivity index (χ2n) is 4.12. The minimum absolute atomic E-state index is 0.461. The van der Waals surface area contributed by atoms with Crippen molar-refractivity contribution in [3.05, 3.63) is 48.6 Å². The lowest BCUT2D eigenvalue weighted by atomic mass is 10.0. The monoisotopic (exact) mass is 256 g/mol. The van der Waals surface area contributed by atoms with Gasteiger partial charge in [0.15, 0.2) is 0 Å². The molecule has 0 heterocycles. The molecule has 0 radical (unpaired) electrons. The van der Waals surface area contributed by atoms with E-state index in [1.54, 1.807) is 0 Å². The minimum atomic E-state index is -0.461. The fourth-order valence-electron chi connectivity index (χ4n) is 2.00. The first-order valence-corrected chi connectivity index (χ1v) is 6.16. The number of carbonyl (C=O) groups is 1. The molecule has 2 rings (SSSR count). The molecule has 3 heteroatoms. The molecule has 0 aliphatic rings. The van der Waals surface area contributed by atoms with Crippen LogP contribution in [0, 0.1) is 6.92 Å². The SMILES string of the molecule is C=CC(=O)Oc1c(C)cc(OCC)c2ccccc12. The van der Waals surface area contributed by atoms with Gasteiger partial charge in [0.2, 0.25) is 0 Å². The van der Waals surface area contributed by atoms with Gasteiger partial charge in [0.1, 0.15) is 11.5 Å². The molecule has 0 amide bonds. The second kappa shape index (κ2) is 5.57. The van der Waals surface area contributed by atoms with E-state index in [4.69, 9.17) is 9.47 Å². The Balaban J connectivity index is 2.64. The Labute approximate surface area is 112 Å². The lowest BCUT2D eigenvalue weighted by Crippen LogP contribution is -2.05. The minimum Gasteiger partial charge on any atom is -0.493 e. The first-order chi connectivity index (χ1) is 9.17. The maximum absolute atomic E-state index is 11.4. The number of carbonyl (C=O) groups excluding carboxylic acids is 1. The van der Waals surface area contributed by atoms with Gasteiger partial charge in [0.05, 0.1) is 6.61 Å². The van der Waals surface area contributed by atoms with Gasteiger partial charge >= 0.3 is 5.97 Å². The third-order valence-corrected chi connectivity index (χ3v) is 2.81. The van der Waals surface area contributed by atoms with Crippen molar-refractivity contribution < 1.29 is 14.3 Å². The van der Waals surface area contributed by atoms with E-state index < -0.39 is 5.97 Å². The maximum Gasteiger partial charge on any atom is 0.335 e. The van der Waals surface area contributed by atoms with Crippen LogP contribution in [-0.4, -0.2) is 12.6 Å². The number of hydrogen-bond donors (Lipinski definition) is 0. The molecule has 0 atom stereocenters. The van der Waals surface area contributed by atoms with E-state index in [-0.39, 0.29) is 0 Å². The van der Waals surface area contributed by atoms with Crippen LogP contribution in [0.25, 0.3) is 10.8 Å². The van der Waals surface area contributed by atoms with Crippen LogP contribution >= 0.6 is 0 Å². The number of hydrogen-bond acceptors (Lipinski definition) is 3. The molecule has 2 aromatic rings. The number of benzene rings is 2.